The fraction of sp³-hybridized carbons (Fsp3) is 0.136. The van der Waals surface area contributed by atoms with Crippen LogP contribution in [0.15, 0.2) is 45.4 Å². The van der Waals surface area contributed by atoms with Crippen molar-refractivity contribution in [3.63, 3.8) is 0 Å². The molecule has 3 aromatic rings. The molecule has 9 nitrogen and oxygen atoms in total. The number of halogens is 2. The molecule has 0 atom stereocenters. The molecule has 2 heterocycles. The zero-order valence-corrected chi connectivity index (χ0v) is 19.6. The molecule has 1 aromatic heterocycles. The summed E-state index contributed by atoms with van der Waals surface area (Å²) >= 11 is 9.44. The summed E-state index contributed by atoms with van der Waals surface area (Å²) < 4.78 is 10.7. The smallest absolute Gasteiger partial charge is 0.338 e. The third kappa shape index (κ3) is 4.27. The van der Waals surface area contributed by atoms with Crippen molar-refractivity contribution in [2.45, 2.75) is 13.8 Å². The molecule has 0 saturated heterocycles. The molecule has 0 saturated carbocycles. The van der Waals surface area contributed by atoms with E-state index in [4.69, 9.17) is 20.9 Å². The van der Waals surface area contributed by atoms with E-state index in [0.717, 1.165) is 4.90 Å². The van der Waals surface area contributed by atoms with Crippen LogP contribution in [0.1, 0.15) is 42.4 Å². The largest absolute Gasteiger partial charge is 0.452 e. The molecule has 0 aliphatic carbocycles. The van der Waals surface area contributed by atoms with Gasteiger partial charge in [-0.15, -0.1) is 0 Å². The molecular formula is C22H15BrClN3O6. The summed E-state index contributed by atoms with van der Waals surface area (Å²) in [6.07, 6.45) is 0. The normalized spacial score (nSPS) is 12.7. The molecule has 11 heteroatoms. The van der Waals surface area contributed by atoms with Gasteiger partial charge in [0.25, 0.3) is 17.7 Å². The zero-order valence-electron chi connectivity index (χ0n) is 17.3. The highest BCUT2D eigenvalue weighted by Crippen LogP contribution is 2.31. The Hall–Kier alpha value is -3.50. The van der Waals surface area contributed by atoms with Gasteiger partial charge in [-0.05, 0) is 65.7 Å². The minimum absolute atomic E-state index is 0.0174. The van der Waals surface area contributed by atoms with Crippen molar-refractivity contribution in [2.24, 2.45) is 0 Å². The van der Waals surface area contributed by atoms with Crippen molar-refractivity contribution in [3.8, 4) is 0 Å². The van der Waals surface area contributed by atoms with E-state index in [0.29, 0.717) is 26.5 Å². The molecule has 0 radical (unpaired) electrons. The predicted octanol–water partition coefficient (Wildman–Crippen LogP) is 4.30. The summed E-state index contributed by atoms with van der Waals surface area (Å²) in [5, 5.41) is 6.78. The Morgan fingerprint density at radius 2 is 1.85 bits per heavy atom. The van der Waals surface area contributed by atoms with Crippen molar-refractivity contribution in [2.75, 3.05) is 16.8 Å². The Bertz CT molecular complexity index is 1340. The number of hydrogen-bond donors (Lipinski definition) is 1. The SMILES string of the molecule is Cc1cc(N2C(=O)c3ccc(C(=O)OCC(=O)Nc4ccc(Br)c(Cl)c4C)cc3C2=O)no1. The van der Waals surface area contributed by atoms with Crippen LogP contribution < -0.4 is 10.2 Å². The molecular weight excluding hydrogens is 518 g/mol. The Labute approximate surface area is 200 Å². The van der Waals surface area contributed by atoms with Gasteiger partial charge in [-0.3, -0.25) is 14.4 Å². The van der Waals surface area contributed by atoms with Gasteiger partial charge in [0.2, 0.25) is 0 Å². The molecule has 0 spiro atoms. The molecule has 168 valence electrons. The van der Waals surface area contributed by atoms with E-state index in [1.807, 2.05) is 0 Å². The zero-order chi connectivity index (χ0) is 23.9. The Morgan fingerprint density at radius 3 is 2.55 bits per heavy atom. The molecule has 1 aliphatic heterocycles. The summed E-state index contributed by atoms with van der Waals surface area (Å²) in [7, 11) is 0. The van der Waals surface area contributed by atoms with Crippen LogP contribution in [0.2, 0.25) is 5.02 Å². The van der Waals surface area contributed by atoms with Crippen LogP contribution in [-0.4, -0.2) is 35.5 Å². The average molecular weight is 533 g/mol. The van der Waals surface area contributed by atoms with Crippen molar-refractivity contribution in [1.82, 2.24) is 5.16 Å². The first kappa shape index (κ1) is 22.7. The molecule has 4 rings (SSSR count). The topological polar surface area (TPSA) is 119 Å². The van der Waals surface area contributed by atoms with E-state index in [9.17, 15) is 19.2 Å². The number of rotatable bonds is 5. The van der Waals surface area contributed by atoms with Gasteiger partial charge in [-0.2, -0.15) is 0 Å². The minimum Gasteiger partial charge on any atom is -0.452 e. The number of nitrogens with one attached hydrogen (secondary N) is 1. The molecule has 0 fully saturated rings. The number of aromatic nitrogens is 1. The highest BCUT2D eigenvalue weighted by Gasteiger charge is 2.38. The quantitative estimate of drug-likeness (QED) is 0.384. The standard InChI is InChI=1S/C22H15BrClN3O6/c1-10-7-17(26-33-10)27-20(29)13-4-3-12(8-14(13)21(27)30)22(31)32-9-18(28)25-16-6-5-15(23)19(24)11(16)2/h3-8H,9H2,1-2H3,(H,25,28). The fourth-order valence-electron chi connectivity index (χ4n) is 3.22. The monoisotopic (exact) mass is 531 g/mol. The number of amides is 3. The van der Waals surface area contributed by atoms with Crippen LogP contribution in [-0.2, 0) is 9.53 Å². The van der Waals surface area contributed by atoms with Crippen LogP contribution >= 0.6 is 27.5 Å². The Morgan fingerprint density at radius 1 is 1.12 bits per heavy atom. The van der Waals surface area contributed by atoms with E-state index in [2.05, 4.69) is 26.4 Å². The summed E-state index contributed by atoms with van der Waals surface area (Å²) in [4.78, 5) is 50.9. The number of nitrogens with zero attached hydrogens (tertiary/aromatic N) is 2. The number of anilines is 2. The molecule has 3 amide bonds. The van der Waals surface area contributed by atoms with Gasteiger partial charge < -0.3 is 14.6 Å². The van der Waals surface area contributed by atoms with E-state index in [-0.39, 0.29) is 22.5 Å². The van der Waals surface area contributed by atoms with Crippen molar-refractivity contribution < 1.29 is 28.4 Å². The highest BCUT2D eigenvalue weighted by atomic mass is 79.9. The number of ether oxygens (including phenoxy) is 1. The average Bonchev–Trinajstić information content (AvgIpc) is 3.32. The van der Waals surface area contributed by atoms with Crippen LogP contribution in [0.4, 0.5) is 11.5 Å². The number of carbonyl (C=O) groups is 4. The third-order valence-electron chi connectivity index (χ3n) is 4.91. The number of aryl methyl sites for hydroxylation is 1. The molecule has 33 heavy (non-hydrogen) atoms. The van der Waals surface area contributed by atoms with E-state index in [1.165, 1.54) is 24.3 Å². The van der Waals surface area contributed by atoms with Crippen molar-refractivity contribution in [1.29, 1.82) is 0 Å². The van der Waals surface area contributed by atoms with Gasteiger partial charge in [0.15, 0.2) is 12.4 Å². The van der Waals surface area contributed by atoms with Crippen molar-refractivity contribution >= 4 is 62.7 Å². The molecule has 1 N–H and O–H groups in total. The summed E-state index contributed by atoms with van der Waals surface area (Å²) in [6.45, 7) is 2.81. The van der Waals surface area contributed by atoms with Crippen LogP contribution in [0.5, 0.6) is 0 Å². The van der Waals surface area contributed by atoms with Gasteiger partial charge in [0.1, 0.15) is 5.76 Å². The molecule has 2 aromatic carbocycles. The van der Waals surface area contributed by atoms with E-state index >= 15 is 0 Å². The number of carbonyl (C=O) groups excluding carboxylic acids is 4. The number of imide groups is 1. The van der Waals surface area contributed by atoms with Gasteiger partial charge >= 0.3 is 5.97 Å². The lowest BCUT2D eigenvalue weighted by Gasteiger charge is -2.11. The second-order valence-corrected chi connectivity index (χ2v) is 8.39. The third-order valence-corrected chi connectivity index (χ3v) is 6.29. The van der Waals surface area contributed by atoms with E-state index < -0.39 is 30.3 Å². The fourth-order valence-corrected chi connectivity index (χ4v) is 3.82. The highest BCUT2D eigenvalue weighted by molar-refractivity contribution is 9.10. The Balaban J connectivity index is 1.44. The molecule has 1 aliphatic rings. The first-order chi connectivity index (χ1) is 15.7. The molecule has 0 unspecified atom stereocenters. The van der Waals surface area contributed by atoms with E-state index in [1.54, 1.807) is 26.0 Å². The summed E-state index contributed by atoms with van der Waals surface area (Å²) in [5.41, 5.74) is 1.30. The summed E-state index contributed by atoms with van der Waals surface area (Å²) in [5.74, 6) is -2.11. The first-order valence-electron chi connectivity index (χ1n) is 9.55. The predicted molar refractivity (Wildman–Crippen MR) is 122 cm³/mol. The maximum absolute atomic E-state index is 12.7. The minimum atomic E-state index is -0.825. The second-order valence-electron chi connectivity index (χ2n) is 7.16. The second kappa shape index (κ2) is 8.80. The van der Waals surface area contributed by atoms with Gasteiger partial charge in [0.05, 0.1) is 21.7 Å². The Kier molecular flexibility index (Phi) is 6.05. The first-order valence-corrected chi connectivity index (χ1v) is 10.7. The molecule has 0 bridgehead atoms. The van der Waals surface area contributed by atoms with Crippen LogP contribution in [0.3, 0.4) is 0 Å². The maximum atomic E-state index is 12.7. The lowest BCUT2D eigenvalue weighted by molar-refractivity contribution is -0.119. The van der Waals surface area contributed by atoms with Gasteiger partial charge in [-0.25, -0.2) is 9.69 Å². The lowest BCUT2D eigenvalue weighted by Crippen LogP contribution is -2.29. The van der Waals surface area contributed by atoms with Crippen LogP contribution in [0.25, 0.3) is 0 Å². The summed E-state index contributed by atoms with van der Waals surface area (Å²) in [6, 6.07) is 8.75. The maximum Gasteiger partial charge on any atom is 0.338 e. The number of hydrogen-bond acceptors (Lipinski definition) is 7. The van der Waals surface area contributed by atoms with Gasteiger partial charge in [0, 0.05) is 16.2 Å². The van der Waals surface area contributed by atoms with Crippen LogP contribution in [0, 0.1) is 13.8 Å². The number of fused-ring (bicyclic) bond motifs is 1. The lowest BCUT2D eigenvalue weighted by atomic mass is 10.1. The van der Waals surface area contributed by atoms with Crippen molar-refractivity contribution in [3.05, 3.63) is 73.9 Å². The number of esters is 1. The van der Waals surface area contributed by atoms with Gasteiger partial charge in [-0.1, -0.05) is 16.8 Å². The number of benzene rings is 2.